The fraction of sp³-hybridized carbons (Fsp3) is 0.479. The zero-order chi connectivity index (χ0) is 43.7. The quantitative estimate of drug-likeness (QED) is 0.0859. The second-order valence-corrected chi connectivity index (χ2v) is 18.7. The third-order valence-corrected chi connectivity index (χ3v) is 14.3. The molecule has 4 N–H and O–H groups in total. The van der Waals surface area contributed by atoms with E-state index in [9.17, 15) is 14.4 Å². The molecule has 62 heavy (non-hydrogen) atoms. The van der Waals surface area contributed by atoms with Crippen LogP contribution in [0, 0.1) is 30.6 Å². The minimum atomic E-state index is -0.707. The number of alkyl carbamates (subject to hydrolysis) is 1. The van der Waals surface area contributed by atoms with Gasteiger partial charge in [-0.2, -0.15) is 0 Å². The number of ether oxygens (including phenoxy) is 2. The molecule has 14 heteroatoms. The first-order valence-corrected chi connectivity index (χ1v) is 22.0. The van der Waals surface area contributed by atoms with Crippen LogP contribution in [-0.2, 0) is 30.1 Å². The highest BCUT2D eigenvalue weighted by molar-refractivity contribution is 6.03. The summed E-state index contributed by atoms with van der Waals surface area (Å²) in [6, 6.07) is 11.5. The zero-order valence-electron chi connectivity index (χ0n) is 36.8. The molecule has 0 unspecified atom stereocenters. The predicted molar refractivity (Wildman–Crippen MR) is 235 cm³/mol. The number of hydrogen-bond donors (Lipinski definition) is 4. The molecule has 14 nitrogen and oxygen atoms in total. The maximum atomic E-state index is 14.1. The average Bonchev–Trinajstić information content (AvgIpc) is 4.14. The molecule has 2 aliphatic heterocycles. The molecule has 5 aromatic rings. The van der Waals surface area contributed by atoms with Crippen LogP contribution in [0.3, 0.4) is 0 Å². The summed E-state index contributed by atoms with van der Waals surface area (Å²) in [5.74, 6) is 2.64. The van der Waals surface area contributed by atoms with Crippen molar-refractivity contribution in [1.82, 2.24) is 40.4 Å². The van der Waals surface area contributed by atoms with E-state index in [1.54, 1.807) is 13.4 Å². The van der Waals surface area contributed by atoms with E-state index in [0.29, 0.717) is 30.8 Å². The van der Waals surface area contributed by atoms with Crippen LogP contribution in [0.4, 0.5) is 4.79 Å². The fourth-order valence-corrected chi connectivity index (χ4v) is 11.0. The third-order valence-electron chi connectivity index (χ3n) is 14.3. The highest BCUT2D eigenvalue weighted by Gasteiger charge is 2.58. The maximum Gasteiger partial charge on any atom is 0.407 e. The van der Waals surface area contributed by atoms with Gasteiger partial charge in [-0.1, -0.05) is 58.0 Å². The summed E-state index contributed by atoms with van der Waals surface area (Å²) in [7, 11) is 2.86. The van der Waals surface area contributed by atoms with Crippen LogP contribution in [-0.4, -0.2) is 87.0 Å². The normalized spacial score (nSPS) is 23.7. The van der Waals surface area contributed by atoms with Gasteiger partial charge in [0.2, 0.25) is 11.8 Å². The Kier molecular flexibility index (Phi) is 10.5. The highest BCUT2D eigenvalue weighted by Crippen LogP contribution is 2.54. The van der Waals surface area contributed by atoms with Crippen LogP contribution in [0.2, 0.25) is 0 Å². The number of carbonyl (C=O) groups is 3. The molecule has 2 saturated heterocycles. The van der Waals surface area contributed by atoms with E-state index in [-0.39, 0.29) is 23.7 Å². The maximum absolute atomic E-state index is 14.1. The summed E-state index contributed by atoms with van der Waals surface area (Å²) in [5.41, 5.74) is 6.43. The van der Waals surface area contributed by atoms with Crippen LogP contribution in [0.5, 0.6) is 0 Å². The van der Waals surface area contributed by atoms with Gasteiger partial charge in [-0.25, -0.2) is 14.8 Å². The lowest BCUT2D eigenvalue weighted by molar-refractivity contribution is -0.141. The number of piperidine rings is 2. The standard InChI is InChI=1S/C48H58N8O6/c1-26(2)39(51-29(6)60-7)42(57)55-23-30-15-17-47(55,19-30)44-49-21-36(52-44)33-11-9-32(10-12-33)34-13-14-35(41-38(34)28(5)25-62-41)37-22-50-45(53-37)48-18-16-31(20-48)24-56(48)43(58)40(27(3)4)54-46(59)61-8/h9-14,21-22,25-27,30-31,39-40,51H,6,15-20,23-24H2,1-5,7-8H3,(H,49,52)(H,50,53)(H,54,59)/t30-,31-,39-,40-,47-,48-/m0/s1. The number of H-pyrrole nitrogens is 2. The molecule has 2 saturated carbocycles. The number of hydrogen-bond acceptors (Lipinski definition) is 9. The van der Waals surface area contributed by atoms with Crippen molar-refractivity contribution in [1.29, 1.82) is 0 Å². The van der Waals surface area contributed by atoms with Gasteiger partial charge in [0.05, 0.1) is 44.3 Å². The van der Waals surface area contributed by atoms with Crippen molar-refractivity contribution in [2.75, 3.05) is 27.3 Å². The van der Waals surface area contributed by atoms with Gasteiger partial charge in [0.1, 0.15) is 40.4 Å². The van der Waals surface area contributed by atoms with Gasteiger partial charge in [0.15, 0.2) is 5.88 Å². The second kappa shape index (κ2) is 15.7. The Morgan fingerprint density at radius 2 is 1.31 bits per heavy atom. The lowest BCUT2D eigenvalue weighted by Crippen LogP contribution is -2.56. The van der Waals surface area contributed by atoms with E-state index < -0.39 is 29.3 Å². The van der Waals surface area contributed by atoms with Crippen molar-refractivity contribution >= 4 is 28.9 Å². The SMILES string of the molecule is C=C(N[C@H](C(=O)N1C[C@H]2CC[C@@]1(c1ncc(-c3ccc(-c4ccc(-c5cnc([C@@]67CC[C@H](CN6C(=O)[C@@H](NC(=O)OC)C(C)C)C7)[nH]5)c5occ(C)c45)cc3)[nH]1)C2)C(C)C)OC. The molecule has 4 fully saturated rings. The zero-order valence-corrected chi connectivity index (χ0v) is 36.8. The Morgan fingerprint density at radius 1 is 0.774 bits per heavy atom. The monoisotopic (exact) mass is 842 g/mol. The number of nitrogens with zero attached hydrogens (tertiary/aromatic N) is 4. The molecule has 2 aromatic carbocycles. The van der Waals surface area contributed by atoms with E-state index in [1.165, 1.54) is 7.11 Å². The van der Waals surface area contributed by atoms with Gasteiger partial charge >= 0.3 is 6.09 Å². The Balaban J connectivity index is 0.967. The van der Waals surface area contributed by atoms with Gasteiger partial charge < -0.3 is 44.3 Å². The molecule has 4 aliphatic rings. The molecule has 2 aliphatic carbocycles. The lowest BCUT2D eigenvalue weighted by Gasteiger charge is -2.40. The first-order valence-electron chi connectivity index (χ1n) is 22.0. The summed E-state index contributed by atoms with van der Waals surface area (Å²) in [6.45, 7) is 15.2. The molecular weight excluding hydrogens is 785 g/mol. The Hall–Kier alpha value is -6.05. The number of likely N-dealkylation sites (tertiary alicyclic amines) is 2. The molecule has 6 atom stereocenters. The summed E-state index contributed by atoms with van der Waals surface area (Å²) in [5, 5.41) is 6.99. The van der Waals surface area contributed by atoms with E-state index >= 15 is 0 Å². The summed E-state index contributed by atoms with van der Waals surface area (Å²) in [6.07, 6.45) is 10.4. The van der Waals surface area contributed by atoms with Crippen molar-refractivity contribution in [3.8, 4) is 33.6 Å². The van der Waals surface area contributed by atoms with Crippen molar-refractivity contribution in [2.24, 2.45) is 23.7 Å². The fourth-order valence-electron chi connectivity index (χ4n) is 11.0. The number of imidazole rings is 2. The molecule has 9 rings (SSSR count). The van der Waals surface area contributed by atoms with Crippen LogP contribution in [0.15, 0.2) is 71.9 Å². The van der Waals surface area contributed by atoms with E-state index in [2.05, 4.69) is 70.5 Å². The molecule has 4 bridgehead atoms. The van der Waals surface area contributed by atoms with Gasteiger partial charge in [0, 0.05) is 24.0 Å². The number of aromatic amines is 2. The van der Waals surface area contributed by atoms with Crippen molar-refractivity contribution in [3.05, 3.63) is 84.7 Å². The van der Waals surface area contributed by atoms with Gasteiger partial charge in [-0.15, -0.1) is 0 Å². The topological polar surface area (TPSA) is 171 Å². The van der Waals surface area contributed by atoms with Gasteiger partial charge in [0.25, 0.3) is 0 Å². The number of aromatic nitrogens is 4. The molecule has 326 valence electrons. The minimum Gasteiger partial charge on any atom is -0.483 e. The van der Waals surface area contributed by atoms with E-state index in [0.717, 1.165) is 100 Å². The highest BCUT2D eigenvalue weighted by atomic mass is 16.5. The number of amides is 3. The summed E-state index contributed by atoms with van der Waals surface area (Å²) in [4.78, 5) is 61.5. The Morgan fingerprint density at radius 3 is 1.85 bits per heavy atom. The largest absolute Gasteiger partial charge is 0.483 e. The van der Waals surface area contributed by atoms with E-state index in [1.807, 2.05) is 49.9 Å². The number of aryl methyl sites for hydroxylation is 1. The molecule has 3 amide bonds. The summed E-state index contributed by atoms with van der Waals surface area (Å²) < 4.78 is 16.4. The number of furan rings is 1. The molecule has 0 radical (unpaired) electrons. The number of rotatable bonds is 13. The average molecular weight is 843 g/mol. The smallest absolute Gasteiger partial charge is 0.407 e. The minimum absolute atomic E-state index is 0.0437. The number of benzene rings is 2. The van der Waals surface area contributed by atoms with E-state index in [4.69, 9.17) is 23.9 Å². The number of nitrogens with one attached hydrogen (secondary N) is 4. The molecule has 3 aromatic heterocycles. The van der Waals surface area contributed by atoms with Gasteiger partial charge in [-0.05, 0) is 104 Å². The van der Waals surface area contributed by atoms with Crippen molar-refractivity contribution < 1.29 is 28.3 Å². The van der Waals surface area contributed by atoms with Crippen LogP contribution < -0.4 is 10.6 Å². The molecule has 5 heterocycles. The number of fused-ring (bicyclic) bond motifs is 5. The van der Waals surface area contributed by atoms with Crippen LogP contribution in [0.1, 0.15) is 83.4 Å². The van der Waals surface area contributed by atoms with Crippen molar-refractivity contribution in [3.63, 3.8) is 0 Å². The predicted octanol–water partition coefficient (Wildman–Crippen LogP) is 7.98. The van der Waals surface area contributed by atoms with Crippen molar-refractivity contribution in [2.45, 2.75) is 96.3 Å². The number of carbonyl (C=O) groups excluding carboxylic acids is 3. The lowest BCUT2D eigenvalue weighted by atomic mass is 9.93. The summed E-state index contributed by atoms with van der Waals surface area (Å²) >= 11 is 0. The first kappa shape index (κ1) is 41.3. The third kappa shape index (κ3) is 6.73. The second-order valence-electron chi connectivity index (χ2n) is 18.7. The molecular formula is C48H58N8O6. The Labute approximate surface area is 362 Å². The molecule has 0 spiro atoms. The number of methoxy groups -OCH3 is 2. The van der Waals surface area contributed by atoms with Crippen LogP contribution in [0.25, 0.3) is 44.6 Å². The first-order chi connectivity index (χ1) is 29.8. The van der Waals surface area contributed by atoms with Gasteiger partial charge in [-0.3, -0.25) is 9.59 Å². The van der Waals surface area contributed by atoms with Crippen LogP contribution >= 0.6 is 0 Å². The Bertz CT molecular complexity index is 2540.